The van der Waals surface area contributed by atoms with Gasteiger partial charge in [0.05, 0.1) is 19.4 Å². The Bertz CT molecular complexity index is 1340. The Balaban J connectivity index is 1.48. The van der Waals surface area contributed by atoms with E-state index >= 15 is 0 Å². The Labute approximate surface area is 215 Å². The fourth-order valence-electron chi connectivity index (χ4n) is 4.99. The molecule has 9 heteroatoms. The molecular formula is C28H30N4O5. The van der Waals surface area contributed by atoms with E-state index in [4.69, 9.17) is 9.47 Å². The van der Waals surface area contributed by atoms with Crippen LogP contribution in [0.3, 0.4) is 0 Å². The molecule has 3 aromatic rings. The lowest BCUT2D eigenvalue weighted by atomic mass is 9.91. The van der Waals surface area contributed by atoms with Crippen molar-refractivity contribution in [3.8, 4) is 11.4 Å². The maximum absolute atomic E-state index is 13.8. The molecule has 0 bridgehead atoms. The Morgan fingerprint density at radius 1 is 1.05 bits per heavy atom. The molecule has 0 radical (unpaired) electrons. The number of esters is 1. The van der Waals surface area contributed by atoms with Gasteiger partial charge in [-0.3, -0.25) is 9.59 Å². The number of hydrogen-bond acceptors (Lipinski definition) is 6. The van der Waals surface area contributed by atoms with Crippen LogP contribution in [0.25, 0.3) is 5.69 Å². The summed E-state index contributed by atoms with van der Waals surface area (Å²) in [6.45, 7) is 2.37. The summed E-state index contributed by atoms with van der Waals surface area (Å²) in [4.78, 5) is 40.2. The monoisotopic (exact) mass is 502 g/mol. The van der Waals surface area contributed by atoms with E-state index in [1.54, 1.807) is 50.2 Å². The summed E-state index contributed by atoms with van der Waals surface area (Å²) >= 11 is 0. The number of hydrogen-bond donors (Lipinski definition) is 1. The van der Waals surface area contributed by atoms with E-state index in [2.05, 4.69) is 10.4 Å². The standard InChI is InChI=1S/C28H30N4O5/c1-4-37-27(35)24-22-13-16-31(19-7-5-18(6-8-19)28(14-15-28)17-23(33)29-2)26(34)25(22)32(30-24)20-9-11-21(36-3)12-10-20/h5-12H,4,13-17H2,1-3H3,(H,29,33). The molecule has 1 aromatic heterocycles. The molecule has 9 nitrogen and oxygen atoms in total. The molecule has 2 heterocycles. The van der Waals surface area contributed by atoms with Gasteiger partial charge in [0.2, 0.25) is 5.91 Å². The van der Waals surface area contributed by atoms with Crippen LogP contribution in [0, 0.1) is 0 Å². The molecule has 1 N–H and O–H groups in total. The highest BCUT2D eigenvalue weighted by Gasteiger charge is 2.45. The van der Waals surface area contributed by atoms with Crippen molar-refractivity contribution >= 4 is 23.5 Å². The van der Waals surface area contributed by atoms with Crippen molar-refractivity contribution in [2.24, 2.45) is 0 Å². The fraction of sp³-hybridized carbons (Fsp3) is 0.357. The largest absolute Gasteiger partial charge is 0.497 e. The van der Waals surface area contributed by atoms with Crippen LogP contribution in [-0.2, 0) is 21.4 Å². The highest BCUT2D eigenvalue weighted by atomic mass is 16.5. The quantitative estimate of drug-likeness (QED) is 0.474. The molecule has 1 saturated carbocycles. The number of nitrogens with one attached hydrogen (secondary N) is 1. The van der Waals surface area contributed by atoms with Crippen molar-refractivity contribution in [2.75, 3.05) is 32.2 Å². The Morgan fingerprint density at radius 3 is 2.32 bits per heavy atom. The molecular weight excluding hydrogens is 472 g/mol. The number of anilines is 1. The minimum atomic E-state index is -0.539. The number of carbonyl (C=O) groups excluding carboxylic acids is 3. The van der Waals surface area contributed by atoms with E-state index in [1.807, 2.05) is 24.3 Å². The SMILES string of the molecule is CCOC(=O)c1nn(-c2ccc(OC)cc2)c2c1CCN(c1ccc(C3(CC(=O)NC)CC3)cc1)C2=O. The maximum atomic E-state index is 13.8. The molecule has 1 aliphatic carbocycles. The second-order valence-electron chi connectivity index (χ2n) is 9.39. The number of benzene rings is 2. The summed E-state index contributed by atoms with van der Waals surface area (Å²) in [5.41, 5.74) is 3.51. The number of fused-ring (bicyclic) bond motifs is 1. The smallest absolute Gasteiger partial charge is 0.359 e. The molecule has 0 spiro atoms. The average molecular weight is 503 g/mol. The van der Waals surface area contributed by atoms with Gasteiger partial charge in [-0.05, 0) is 68.1 Å². The van der Waals surface area contributed by atoms with E-state index < -0.39 is 5.97 Å². The molecule has 1 fully saturated rings. The zero-order valence-corrected chi connectivity index (χ0v) is 21.2. The number of rotatable bonds is 8. The van der Waals surface area contributed by atoms with Crippen LogP contribution in [0.1, 0.15) is 58.3 Å². The van der Waals surface area contributed by atoms with Crippen molar-refractivity contribution < 1.29 is 23.9 Å². The third kappa shape index (κ3) is 4.45. The summed E-state index contributed by atoms with van der Waals surface area (Å²) in [6.07, 6.45) is 2.88. The van der Waals surface area contributed by atoms with Crippen LogP contribution in [-0.4, -0.2) is 54.9 Å². The van der Waals surface area contributed by atoms with Gasteiger partial charge in [-0.15, -0.1) is 0 Å². The zero-order chi connectivity index (χ0) is 26.2. The van der Waals surface area contributed by atoms with Gasteiger partial charge in [0.1, 0.15) is 11.4 Å². The summed E-state index contributed by atoms with van der Waals surface area (Å²) in [5, 5.41) is 7.23. The Hall–Kier alpha value is -4.14. The Kier molecular flexibility index (Phi) is 6.45. The first-order valence-electron chi connectivity index (χ1n) is 12.5. The molecule has 2 aromatic carbocycles. The normalized spacial score (nSPS) is 15.6. The van der Waals surface area contributed by atoms with E-state index in [0.717, 1.165) is 24.1 Å². The lowest BCUT2D eigenvalue weighted by Gasteiger charge is -2.28. The first-order chi connectivity index (χ1) is 17.9. The average Bonchev–Trinajstić information content (AvgIpc) is 3.59. The van der Waals surface area contributed by atoms with Crippen LogP contribution in [0.2, 0.25) is 0 Å². The van der Waals surface area contributed by atoms with Crippen LogP contribution in [0.15, 0.2) is 48.5 Å². The zero-order valence-electron chi connectivity index (χ0n) is 21.2. The van der Waals surface area contributed by atoms with Gasteiger partial charge in [0.15, 0.2) is 5.69 Å². The van der Waals surface area contributed by atoms with Gasteiger partial charge >= 0.3 is 5.97 Å². The lowest BCUT2D eigenvalue weighted by molar-refractivity contribution is -0.121. The van der Waals surface area contributed by atoms with Crippen molar-refractivity contribution in [1.29, 1.82) is 0 Å². The first-order valence-corrected chi connectivity index (χ1v) is 12.5. The van der Waals surface area contributed by atoms with Crippen molar-refractivity contribution in [2.45, 2.75) is 38.0 Å². The summed E-state index contributed by atoms with van der Waals surface area (Å²) < 4.78 is 12.0. The molecule has 0 unspecified atom stereocenters. The van der Waals surface area contributed by atoms with E-state index in [9.17, 15) is 14.4 Å². The second kappa shape index (κ2) is 9.72. The first kappa shape index (κ1) is 24.5. The Morgan fingerprint density at radius 2 is 1.73 bits per heavy atom. The van der Waals surface area contributed by atoms with Gasteiger partial charge in [-0.2, -0.15) is 5.10 Å². The molecule has 37 heavy (non-hydrogen) atoms. The van der Waals surface area contributed by atoms with Gasteiger partial charge in [-0.25, -0.2) is 9.48 Å². The number of carbonyl (C=O) groups is 3. The molecule has 0 atom stereocenters. The molecule has 0 saturated heterocycles. The van der Waals surface area contributed by atoms with Crippen LogP contribution in [0.4, 0.5) is 5.69 Å². The van der Waals surface area contributed by atoms with Crippen LogP contribution < -0.4 is 15.0 Å². The predicted octanol–water partition coefficient (Wildman–Crippen LogP) is 3.43. The number of methoxy groups -OCH3 is 1. The third-order valence-corrected chi connectivity index (χ3v) is 7.23. The van der Waals surface area contributed by atoms with Crippen molar-refractivity contribution in [1.82, 2.24) is 15.1 Å². The topological polar surface area (TPSA) is 103 Å². The summed E-state index contributed by atoms with van der Waals surface area (Å²) in [5.74, 6) is -0.0698. The summed E-state index contributed by atoms with van der Waals surface area (Å²) in [6, 6.07) is 15.0. The van der Waals surface area contributed by atoms with Crippen molar-refractivity contribution in [3.05, 3.63) is 71.0 Å². The third-order valence-electron chi connectivity index (χ3n) is 7.23. The molecule has 5 rings (SSSR count). The van der Waals surface area contributed by atoms with Crippen molar-refractivity contribution in [3.63, 3.8) is 0 Å². The van der Waals surface area contributed by atoms with Gasteiger partial charge < -0.3 is 19.7 Å². The van der Waals surface area contributed by atoms with E-state index in [0.29, 0.717) is 42.1 Å². The minimum Gasteiger partial charge on any atom is -0.497 e. The lowest BCUT2D eigenvalue weighted by Crippen LogP contribution is -2.39. The van der Waals surface area contributed by atoms with Gasteiger partial charge in [-0.1, -0.05) is 12.1 Å². The van der Waals surface area contributed by atoms with Crippen LogP contribution in [0.5, 0.6) is 5.75 Å². The van der Waals surface area contributed by atoms with E-state index in [1.165, 1.54) is 4.68 Å². The van der Waals surface area contributed by atoms with E-state index in [-0.39, 0.29) is 29.5 Å². The fourth-order valence-corrected chi connectivity index (χ4v) is 4.99. The number of ether oxygens (including phenoxy) is 2. The summed E-state index contributed by atoms with van der Waals surface area (Å²) in [7, 11) is 3.24. The highest BCUT2D eigenvalue weighted by Crippen LogP contribution is 2.51. The van der Waals surface area contributed by atoms with Crippen LogP contribution >= 0.6 is 0 Å². The van der Waals surface area contributed by atoms with Gasteiger partial charge in [0.25, 0.3) is 5.91 Å². The molecule has 2 amide bonds. The van der Waals surface area contributed by atoms with Gasteiger partial charge in [0, 0.05) is 36.7 Å². The predicted molar refractivity (Wildman–Crippen MR) is 137 cm³/mol. The highest BCUT2D eigenvalue weighted by molar-refractivity contribution is 6.09. The molecule has 192 valence electrons. The number of nitrogens with zero attached hydrogens (tertiary/aromatic N) is 3. The maximum Gasteiger partial charge on any atom is 0.359 e. The molecule has 2 aliphatic rings. The number of aromatic nitrogens is 2. The number of amides is 2. The molecule has 1 aliphatic heterocycles. The minimum absolute atomic E-state index is 0.0320. The second-order valence-corrected chi connectivity index (χ2v) is 9.39.